The van der Waals surface area contributed by atoms with E-state index in [0.29, 0.717) is 0 Å². The van der Waals surface area contributed by atoms with Crippen LogP contribution in [0.3, 0.4) is 0 Å². The Hall–Kier alpha value is -1.35. The molecule has 0 aliphatic rings. The van der Waals surface area contributed by atoms with Crippen LogP contribution in [0, 0.1) is 13.8 Å². The molecule has 0 aliphatic heterocycles. The Labute approximate surface area is 116 Å². The van der Waals surface area contributed by atoms with Crippen LogP contribution in [0.25, 0.3) is 0 Å². The van der Waals surface area contributed by atoms with E-state index in [-0.39, 0.29) is 18.5 Å². The molecule has 3 heteroatoms. The van der Waals surface area contributed by atoms with Crippen molar-refractivity contribution in [2.24, 2.45) is 0 Å². The molecule has 0 spiro atoms. The van der Waals surface area contributed by atoms with Crippen LogP contribution >= 0.6 is 0 Å². The molecule has 1 N–H and O–H groups in total. The highest BCUT2D eigenvalue weighted by atomic mass is 16.4. The molecule has 106 valence electrons. The maximum atomic E-state index is 10.9. The van der Waals surface area contributed by atoms with Crippen LogP contribution in [0.15, 0.2) is 18.2 Å². The van der Waals surface area contributed by atoms with Crippen molar-refractivity contribution in [1.82, 2.24) is 4.90 Å². The third kappa shape index (κ3) is 4.35. The molecule has 1 rings (SSSR count). The lowest BCUT2D eigenvalue weighted by Gasteiger charge is -2.33. The number of aliphatic carboxylic acids is 1. The summed E-state index contributed by atoms with van der Waals surface area (Å²) in [5.74, 6) is -0.737. The Morgan fingerprint density at radius 1 is 1.21 bits per heavy atom. The zero-order chi connectivity index (χ0) is 14.6. The number of carboxylic acids is 1. The summed E-state index contributed by atoms with van der Waals surface area (Å²) in [5, 5.41) is 8.94. The smallest absolute Gasteiger partial charge is 0.304 e. The summed E-state index contributed by atoms with van der Waals surface area (Å²) in [7, 11) is 0. The lowest BCUT2D eigenvalue weighted by molar-refractivity contribution is -0.138. The van der Waals surface area contributed by atoms with Crippen LogP contribution in [-0.4, -0.2) is 28.6 Å². The van der Waals surface area contributed by atoms with Crippen LogP contribution in [0.4, 0.5) is 0 Å². The van der Waals surface area contributed by atoms with E-state index < -0.39 is 5.97 Å². The van der Waals surface area contributed by atoms with Gasteiger partial charge in [-0.1, -0.05) is 36.2 Å². The normalized spacial score (nSPS) is 14.4. The fraction of sp³-hybridized carbons (Fsp3) is 0.562. The van der Waals surface area contributed by atoms with E-state index in [2.05, 4.69) is 50.8 Å². The molecule has 0 saturated heterocycles. The summed E-state index contributed by atoms with van der Waals surface area (Å²) < 4.78 is 0. The summed E-state index contributed by atoms with van der Waals surface area (Å²) in [6.07, 6.45) is 0.184. The van der Waals surface area contributed by atoms with Gasteiger partial charge in [0, 0.05) is 12.1 Å². The van der Waals surface area contributed by atoms with Gasteiger partial charge in [0.15, 0.2) is 0 Å². The van der Waals surface area contributed by atoms with E-state index in [9.17, 15) is 4.79 Å². The molecule has 19 heavy (non-hydrogen) atoms. The highest BCUT2D eigenvalue weighted by molar-refractivity contribution is 5.67. The number of benzene rings is 1. The fourth-order valence-electron chi connectivity index (χ4n) is 2.78. The van der Waals surface area contributed by atoms with Crippen molar-refractivity contribution in [3.05, 3.63) is 34.9 Å². The second-order valence-corrected chi connectivity index (χ2v) is 5.37. The second-order valence-electron chi connectivity index (χ2n) is 5.37. The lowest BCUT2D eigenvalue weighted by Crippen LogP contribution is -2.36. The van der Waals surface area contributed by atoms with Crippen LogP contribution in [0.1, 0.15) is 49.9 Å². The van der Waals surface area contributed by atoms with Crippen LogP contribution in [-0.2, 0) is 4.79 Å². The van der Waals surface area contributed by atoms with Crippen molar-refractivity contribution in [2.75, 3.05) is 6.54 Å². The molecule has 2 atom stereocenters. The SMILES string of the molecule is CCN(C(C)CC(=O)O)C(C)c1cc(C)cc(C)c1. The zero-order valence-electron chi connectivity index (χ0n) is 12.6. The Kier molecular flexibility index (Phi) is 5.55. The molecule has 0 saturated carbocycles. The number of rotatable bonds is 6. The minimum Gasteiger partial charge on any atom is -0.481 e. The number of carbonyl (C=O) groups is 1. The molecule has 0 bridgehead atoms. The van der Waals surface area contributed by atoms with Crippen molar-refractivity contribution < 1.29 is 9.90 Å². The van der Waals surface area contributed by atoms with E-state index >= 15 is 0 Å². The summed E-state index contributed by atoms with van der Waals surface area (Å²) in [5.41, 5.74) is 3.77. The summed E-state index contributed by atoms with van der Waals surface area (Å²) in [6, 6.07) is 6.81. The van der Waals surface area contributed by atoms with Crippen LogP contribution in [0.5, 0.6) is 0 Å². The van der Waals surface area contributed by atoms with Gasteiger partial charge in [0.2, 0.25) is 0 Å². The molecular weight excluding hydrogens is 238 g/mol. The zero-order valence-corrected chi connectivity index (χ0v) is 12.6. The Balaban J connectivity index is 2.94. The highest BCUT2D eigenvalue weighted by Crippen LogP contribution is 2.25. The van der Waals surface area contributed by atoms with Gasteiger partial charge in [-0.25, -0.2) is 0 Å². The maximum absolute atomic E-state index is 10.9. The molecule has 0 aliphatic carbocycles. The number of aryl methyl sites for hydroxylation is 2. The van der Waals surface area contributed by atoms with Crippen molar-refractivity contribution in [3.8, 4) is 0 Å². The summed E-state index contributed by atoms with van der Waals surface area (Å²) in [4.78, 5) is 13.1. The summed E-state index contributed by atoms with van der Waals surface area (Å²) >= 11 is 0. The first-order chi connectivity index (χ1) is 8.85. The fourth-order valence-corrected chi connectivity index (χ4v) is 2.78. The third-order valence-electron chi connectivity index (χ3n) is 3.63. The highest BCUT2D eigenvalue weighted by Gasteiger charge is 2.22. The van der Waals surface area contributed by atoms with Crippen molar-refractivity contribution in [1.29, 1.82) is 0 Å². The number of hydrogen-bond acceptors (Lipinski definition) is 2. The first kappa shape index (κ1) is 15.7. The minimum atomic E-state index is -0.737. The molecule has 1 aromatic carbocycles. The van der Waals surface area contributed by atoms with Gasteiger partial charge >= 0.3 is 5.97 Å². The number of nitrogens with zero attached hydrogens (tertiary/aromatic N) is 1. The van der Waals surface area contributed by atoms with Gasteiger partial charge in [-0.3, -0.25) is 9.69 Å². The predicted molar refractivity (Wildman–Crippen MR) is 78.4 cm³/mol. The summed E-state index contributed by atoms with van der Waals surface area (Å²) in [6.45, 7) is 11.3. The monoisotopic (exact) mass is 263 g/mol. The van der Waals surface area contributed by atoms with E-state index in [1.807, 2.05) is 6.92 Å². The van der Waals surface area contributed by atoms with Gasteiger partial charge in [-0.05, 0) is 39.8 Å². The molecular formula is C16H25NO2. The molecule has 0 heterocycles. The van der Waals surface area contributed by atoms with Gasteiger partial charge in [0.05, 0.1) is 6.42 Å². The van der Waals surface area contributed by atoms with Gasteiger partial charge < -0.3 is 5.11 Å². The molecule has 0 aromatic heterocycles. The quantitative estimate of drug-likeness (QED) is 0.853. The second kappa shape index (κ2) is 6.71. The third-order valence-corrected chi connectivity index (χ3v) is 3.63. The Morgan fingerprint density at radius 3 is 2.16 bits per heavy atom. The topological polar surface area (TPSA) is 40.5 Å². The Morgan fingerprint density at radius 2 is 1.74 bits per heavy atom. The minimum absolute atomic E-state index is 0.0401. The molecule has 3 nitrogen and oxygen atoms in total. The van der Waals surface area contributed by atoms with E-state index in [1.165, 1.54) is 16.7 Å². The van der Waals surface area contributed by atoms with Gasteiger partial charge in [0.25, 0.3) is 0 Å². The van der Waals surface area contributed by atoms with E-state index in [1.54, 1.807) is 0 Å². The maximum Gasteiger partial charge on any atom is 0.304 e. The van der Waals surface area contributed by atoms with Crippen molar-refractivity contribution in [2.45, 2.75) is 53.1 Å². The van der Waals surface area contributed by atoms with Crippen molar-refractivity contribution >= 4 is 5.97 Å². The molecule has 0 fully saturated rings. The van der Waals surface area contributed by atoms with E-state index in [4.69, 9.17) is 5.11 Å². The first-order valence-corrected chi connectivity index (χ1v) is 6.90. The molecule has 0 radical (unpaired) electrons. The molecule has 1 aromatic rings. The van der Waals surface area contributed by atoms with Gasteiger partial charge in [-0.15, -0.1) is 0 Å². The number of carboxylic acid groups (broad SMARTS) is 1. The largest absolute Gasteiger partial charge is 0.481 e. The molecule has 2 unspecified atom stereocenters. The van der Waals surface area contributed by atoms with Crippen molar-refractivity contribution in [3.63, 3.8) is 0 Å². The first-order valence-electron chi connectivity index (χ1n) is 6.90. The molecule has 0 amide bonds. The lowest BCUT2D eigenvalue weighted by atomic mass is 9.99. The van der Waals surface area contributed by atoms with Crippen LogP contribution < -0.4 is 0 Å². The van der Waals surface area contributed by atoms with Gasteiger partial charge in [-0.2, -0.15) is 0 Å². The number of hydrogen-bond donors (Lipinski definition) is 1. The van der Waals surface area contributed by atoms with Gasteiger partial charge in [0.1, 0.15) is 0 Å². The predicted octanol–water partition coefficient (Wildman–Crippen LogP) is 3.55. The Bertz CT molecular complexity index is 422. The standard InChI is InChI=1S/C16H25NO2/c1-6-17(13(4)10-16(18)19)14(5)15-8-11(2)7-12(3)9-15/h7-9,13-14H,6,10H2,1-5H3,(H,18,19). The average molecular weight is 263 g/mol. The average Bonchev–Trinajstić information content (AvgIpc) is 2.27. The van der Waals surface area contributed by atoms with Crippen LogP contribution in [0.2, 0.25) is 0 Å². The van der Waals surface area contributed by atoms with E-state index in [0.717, 1.165) is 6.54 Å².